The fraction of sp³-hybridized carbons (Fsp3) is 0.176. The maximum atomic E-state index is 13.2. The highest BCUT2D eigenvalue weighted by atomic mass is 32.2. The summed E-state index contributed by atoms with van der Waals surface area (Å²) in [5.74, 6) is -3.44. The van der Waals surface area contributed by atoms with E-state index in [4.69, 9.17) is 5.14 Å². The minimum absolute atomic E-state index is 0.00587. The Morgan fingerprint density at radius 3 is 2.22 bits per heavy atom. The first kappa shape index (κ1) is 18.9. The van der Waals surface area contributed by atoms with Crippen LogP contribution in [-0.4, -0.2) is 38.2 Å². The Morgan fingerprint density at radius 2 is 1.67 bits per heavy atom. The Labute approximate surface area is 153 Å². The zero-order chi connectivity index (χ0) is 19.8. The van der Waals surface area contributed by atoms with Gasteiger partial charge in [-0.05, 0) is 42.5 Å². The summed E-state index contributed by atoms with van der Waals surface area (Å²) in [7, 11) is -3.81. The number of halogens is 2. The monoisotopic (exact) mass is 395 g/mol. The zero-order valence-corrected chi connectivity index (χ0v) is 14.7. The number of benzene rings is 2. The summed E-state index contributed by atoms with van der Waals surface area (Å²) in [4.78, 5) is 25.6. The molecule has 142 valence electrons. The van der Waals surface area contributed by atoms with Gasteiger partial charge in [0.2, 0.25) is 15.9 Å². The molecule has 1 heterocycles. The van der Waals surface area contributed by atoms with Crippen molar-refractivity contribution < 1.29 is 26.8 Å². The molecule has 7 nitrogen and oxygen atoms in total. The maximum Gasteiger partial charge on any atom is 0.254 e. The van der Waals surface area contributed by atoms with E-state index >= 15 is 0 Å². The molecule has 0 spiro atoms. The summed E-state index contributed by atoms with van der Waals surface area (Å²) >= 11 is 0. The Hall–Kier alpha value is -2.85. The lowest BCUT2D eigenvalue weighted by Crippen LogP contribution is -2.54. The van der Waals surface area contributed by atoms with Gasteiger partial charge in [0.15, 0.2) is 11.6 Å². The van der Waals surface area contributed by atoms with Crippen LogP contribution >= 0.6 is 0 Å². The molecule has 2 aromatic rings. The van der Waals surface area contributed by atoms with Crippen LogP contribution in [0.4, 0.5) is 14.5 Å². The number of primary sulfonamides is 1. The molecule has 0 atom stereocenters. The van der Waals surface area contributed by atoms with E-state index in [0.717, 1.165) is 12.1 Å². The molecule has 3 rings (SSSR count). The topological polar surface area (TPSA) is 110 Å². The highest BCUT2D eigenvalue weighted by Crippen LogP contribution is 2.22. The van der Waals surface area contributed by atoms with E-state index in [1.165, 1.54) is 35.2 Å². The third-order valence-corrected chi connectivity index (χ3v) is 5.09. The summed E-state index contributed by atoms with van der Waals surface area (Å²) in [6.45, 7) is 0.276. The predicted molar refractivity (Wildman–Crippen MR) is 92.2 cm³/mol. The van der Waals surface area contributed by atoms with Crippen LogP contribution in [0.3, 0.4) is 0 Å². The standard InChI is InChI=1S/C17H15F2N3O4S/c18-14-6-1-10(7-15(14)19)17(24)22-8-11(9-22)16(23)21-12-2-4-13(5-3-12)27(20,25)26/h1-7,11H,8-9H2,(H,21,23)(H2,20,25,26). The number of hydrogen-bond donors (Lipinski definition) is 2. The van der Waals surface area contributed by atoms with E-state index in [0.29, 0.717) is 5.69 Å². The van der Waals surface area contributed by atoms with Crippen molar-refractivity contribution in [2.75, 3.05) is 18.4 Å². The van der Waals surface area contributed by atoms with E-state index in [2.05, 4.69) is 5.32 Å². The van der Waals surface area contributed by atoms with Gasteiger partial charge in [-0.2, -0.15) is 0 Å². The van der Waals surface area contributed by atoms with E-state index in [1.54, 1.807) is 0 Å². The smallest absolute Gasteiger partial charge is 0.254 e. The van der Waals surface area contributed by atoms with Crippen LogP contribution in [0.2, 0.25) is 0 Å². The van der Waals surface area contributed by atoms with Gasteiger partial charge < -0.3 is 10.2 Å². The van der Waals surface area contributed by atoms with Gasteiger partial charge >= 0.3 is 0 Å². The van der Waals surface area contributed by atoms with Crippen molar-refractivity contribution in [3.63, 3.8) is 0 Å². The average molecular weight is 395 g/mol. The molecule has 1 saturated heterocycles. The van der Waals surface area contributed by atoms with Crippen LogP contribution < -0.4 is 10.5 Å². The molecule has 0 aromatic heterocycles. The summed E-state index contributed by atoms with van der Waals surface area (Å²) in [6, 6.07) is 8.22. The van der Waals surface area contributed by atoms with Gasteiger partial charge in [0.1, 0.15) is 0 Å². The van der Waals surface area contributed by atoms with Gasteiger partial charge in [0, 0.05) is 24.3 Å². The number of hydrogen-bond acceptors (Lipinski definition) is 4. The average Bonchev–Trinajstić information content (AvgIpc) is 2.55. The molecule has 2 aromatic carbocycles. The van der Waals surface area contributed by atoms with Gasteiger partial charge in [-0.25, -0.2) is 22.3 Å². The molecule has 27 heavy (non-hydrogen) atoms. The van der Waals surface area contributed by atoms with Crippen LogP contribution in [0.15, 0.2) is 47.4 Å². The van der Waals surface area contributed by atoms with E-state index in [9.17, 15) is 26.8 Å². The fourth-order valence-corrected chi connectivity index (χ4v) is 3.11. The van der Waals surface area contributed by atoms with Crippen LogP contribution in [0.1, 0.15) is 10.4 Å². The van der Waals surface area contributed by atoms with Gasteiger partial charge in [0.25, 0.3) is 5.91 Å². The minimum Gasteiger partial charge on any atom is -0.337 e. The second-order valence-electron chi connectivity index (χ2n) is 6.09. The number of nitrogens with two attached hydrogens (primary N) is 1. The Kier molecular flexibility index (Phi) is 4.94. The molecule has 10 heteroatoms. The number of rotatable bonds is 4. The van der Waals surface area contributed by atoms with Crippen LogP contribution in [0, 0.1) is 17.6 Å². The largest absolute Gasteiger partial charge is 0.337 e. The maximum absolute atomic E-state index is 13.2. The van der Waals surface area contributed by atoms with Crippen LogP contribution in [0.25, 0.3) is 0 Å². The molecule has 2 amide bonds. The third-order valence-electron chi connectivity index (χ3n) is 4.16. The summed E-state index contributed by atoms with van der Waals surface area (Å²) in [5.41, 5.74) is 0.393. The molecule has 1 fully saturated rings. The van der Waals surface area contributed by atoms with Crippen molar-refractivity contribution >= 4 is 27.5 Å². The molecule has 1 aliphatic rings. The lowest BCUT2D eigenvalue weighted by atomic mass is 9.97. The number of amides is 2. The second kappa shape index (κ2) is 7.05. The highest BCUT2D eigenvalue weighted by Gasteiger charge is 2.36. The lowest BCUT2D eigenvalue weighted by Gasteiger charge is -2.38. The van der Waals surface area contributed by atoms with Gasteiger partial charge in [0.05, 0.1) is 10.8 Å². The quantitative estimate of drug-likeness (QED) is 0.814. The van der Waals surface area contributed by atoms with Crippen LogP contribution in [-0.2, 0) is 14.8 Å². The molecule has 0 unspecified atom stereocenters. The van der Waals surface area contributed by atoms with E-state index < -0.39 is 33.5 Å². The molecule has 0 saturated carbocycles. The van der Waals surface area contributed by atoms with Gasteiger partial charge in [-0.15, -0.1) is 0 Å². The van der Waals surface area contributed by atoms with Crippen molar-refractivity contribution in [3.8, 4) is 0 Å². The van der Waals surface area contributed by atoms with Gasteiger partial charge in [-0.1, -0.05) is 0 Å². The van der Waals surface area contributed by atoms with Crippen molar-refractivity contribution in [2.24, 2.45) is 11.1 Å². The lowest BCUT2D eigenvalue weighted by molar-refractivity contribution is -0.123. The first-order valence-electron chi connectivity index (χ1n) is 7.83. The molecule has 3 N–H and O–H groups in total. The normalized spacial score (nSPS) is 14.6. The highest BCUT2D eigenvalue weighted by molar-refractivity contribution is 7.89. The molecule has 0 aliphatic carbocycles. The van der Waals surface area contributed by atoms with Crippen molar-refractivity contribution in [3.05, 3.63) is 59.7 Å². The molecule has 0 bridgehead atoms. The Bertz CT molecular complexity index is 1000. The number of anilines is 1. The van der Waals surface area contributed by atoms with E-state index in [-0.39, 0.29) is 29.5 Å². The summed E-state index contributed by atoms with van der Waals surface area (Å²) in [5, 5.41) is 7.62. The summed E-state index contributed by atoms with van der Waals surface area (Å²) in [6.07, 6.45) is 0. The van der Waals surface area contributed by atoms with Crippen LogP contribution in [0.5, 0.6) is 0 Å². The number of carbonyl (C=O) groups excluding carboxylic acids is 2. The Balaban J connectivity index is 1.56. The number of likely N-dealkylation sites (tertiary alicyclic amines) is 1. The first-order chi connectivity index (χ1) is 12.6. The molecular weight excluding hydrogens is 380 g/mol. The SMILES string of the molecule is NS(=O)(=O)c1ccc(NC(=O)C2CN(C(=O)c3ccc(F)c(F)c3)C2)cc1. The third kappa shape index (κ3) is 4.12. The first-order valence-corrected chi connectivity index (χ1v) is 9.38. The van der Waals surface area contributed by atoms with Crippen molar-refractivity contribution in [1.29, 1.82) is 0 Å². The Morgan fingerprint density at radius 1 is 1.04 bits per heavy atom. The number of nitrogens with zero attached hydrogens (tertiary/aromatic N) is 1. The molecule has 0 radical (unpaired) electrons. The summed E-state index contributed by atoms with van der Waals surface area (Å²) < 4.78 is 48.5. The van der Waals surface area contributed by atoms with Crippen molar-refractivity contribution in [2.45, 2.75) is 4.90 Å². The minimum atomic E-state index is -3.81. The number of nitrogens with one attached hydrogen (secondary N) is 1. The van der Waals surface area contributed by atoms with Crippen molar-refractivity contribution in [1.82, 2.24) is 4.90 Å². The molecular formula is C17H15F2N3O4S. The number of sulfonamides is 1. The van der Waals surface area contributed by atoms with E-state index in [1.807, 2.05) is 0 Å². The zero-order valence-electron chi connectivity index (χ0n) is 13.9. The predicted octanol–water partition coefficient (Wildman–Crippen LogP) is 1.32. The second-order valence-corrected chi connectivity index (χ2v) is 7.66. The van der Waals surface area contributed by atoms with Gasteiger partial charge in [-0.3, -0.25) is 9.59 Å². The number of carbonyl (C=O) groups is 2. The molecule has 1 aliphatic heterocycles. The fourth-order valence-electron chi connectivity index (χ4n) is 2.59.